The Kier molecular flexibility index (Phi) is 4.30. The second kappa shape index (κ2) is 6.14. The average molecular weight is 271 g/mol. The van der Waals surface area contributed by atoms with Gasteiger partial charge < -0.3 is 10.4 Å². The second-order valence-electron chi connectivity index (χ2n) is 4.84. The molecule has 5 nitrogen and oxygen atoms in total. The molecule has 0 fully saturated rings. The summed E-state index contributed by atoms with van der Waals surface area (Å²) in [4.78, 5) is 19.8. The van der Waals surface area contributed by atoms with Gasteiger partial charge in [0, 0.05) is 11.8 Å². The fraction of sp³-hybridized carbons (Fsp3) is 0.267. The van der Waals surface area contributed by atoms with Gasteiger partial charge in [0.2, 0.25) is 0 Å². The minimum Gasteiger partial charge on any atom is -0.480 e. The minimum atomic E-state index is -0.889. The number of carboxylic acid groups (broad SMARTS) is 1. The van der Waals surface area contributed by atoms with Gasteiger partial charge in [-0.05, 0) is 12.0 Å². The van der Waals surface area contributed by atoms with E-state index in [9.17, 15) is 9.90 Å². The van der Waals surface area contributed by atoms with Gasteiger partial charge in [-0.1, -0.05) is 44.2 Å². The predicted molar refractivity (Wildman–Crippen MR) is 77.4 cm³/mol. The van der Waals surface area contributed by atoms with Crippen molar-refractivity contribution in [3.63, 3.8) is 0 Å². The number of rotatable bonds is 5. The molecular formula is C15H17N3O2. The first-order chi connectivity index (χ1) is 9.58. The average Bonchev–Trinajstić information content (AvgIpc) is 2.45. The highest BCUT2D eigenvalue weighted by atomic mass is 16.4. The molecule has 0 unspecified atom stereocenters. The fourth-order valence-corrected chi connectivity index (χ4v) is 1.84. The Morgan fingerprint density at radius 3 is 2.50 bits per heavy atom. The molecule has 2 N–H and O–H groups in total. The van der Waals surface area contributed by atoms with E-state index in [1.807, 2.05) is 44.2 Å². The lowest BCUT2D eigenvalue weighted by atomic mass is 10.1. The number of nitrogens with zero attached hydrogens (tertiary/aromatic N) is 2. The van der Waals surface area contributed by atoms with E-state index in [0.717, 1.165) is 5.56 Å². The molecule has 0 aliphatic carbocycles. The van der Waals surface area contributed by atoms with Gasteiger partial charge >= 0.3 is 5.97 Å². The van der Waals surface area contributed by atoms with Crippen LogP contribution in [0.1, 0.15) is 13.8 Å². The summed E-state index contributed by atoms with van der Waals surface area (Å²) in [6.45, 7) is 3.70. The van der Waals surface area contributed by atoms with Gasteiger partial charge in [0.1, 0.15) is 11.9 Å². The van der Waals surface area contributed by atoms with Crippen LogP contribution >= 0.6 is 0 Å². The SMILES string of the molecule is CC(C)[C@@H](Nc1ccnc(-c2ccccc2)n1)C(=O)O. The summed E-state index contributed by atoms with van der Waals surface area (Å²) < 4.78 is 0. The molecule has 1 aromatic carbocycles. The van der Waals surface area contributed by atoms with Crippen molar-refractivity contribution in [3.05, 3.63) is 42.6 Å². The van der Waals surface area contributed by atoms with Crippen LogP contribution in [0.2, 0.25) is 0 Å². The lowest BCUT2D eigenvalue weighted by molar-refractivity contribution is -0.138. The Labute approximate surface area is 117 Å². The molecule has 0 spiro atoms. The normalized spacial score (nSPS) is 12.2. The zero-order valence-electron chi connectivity index (χ0n) is 11.4. The van der Waals surface area contributed by atoms with Crippen LogP contribution in [0.5, 0.6) is 0 Å². The highest BCUT2D eigenvalue weighted by molar-refractivity contribution is 5.77. The Bertz CT molecular complexity index is 585. The van der Waals surface area contributed by atoms with E-state index in [2.05, 4.69) is 15.3 Å². The highest BCUT2D eigenvalue weighted by Gasteiger charge is 2.21. The Morgan fingerprint density at radius 2 is 1.90 bits per heavy atom. The van der Waals surface area contributed by atoms with E-state index in [-0.39, 0.29) is 5.92 Å². The van der Waals surface area contributed by atoms with Crippen LogP contribution in [0.3, 0.4) is 0 Å². The molecule has 1 heterocycles. The first-order valence-corrected chi connectivity index (χ1v) is 6.45. The molecule has 0 aliphatic heterocycles. The van der Waals surface area contributed by atoms with Gasteiger partial charge in [-0.2, -0.15) is 0 Å². The number of aliphatic carboxylic acids is 1. The van der Waals surface area contributed by atoms with Crippen molar-refractivity contribution in [1.29, 1.82) is 0 Å². The Balaban J connectivity index is 2.24. The number of hydrogen-bond acceptors (Lipinski definition) is 4. The highest BCUT2D eigenvalue weighted by Crippen LogP contribution is 2.17. The van der Waals surface area contributed by atoms with Crippen LogP contribution in [0.15, 0.2) is 42.6 Å². The molecule has 0 saturated carbocycles. The summed E-state index contributed by atoms with van der Waals surface area (Å²) in [6.07, 6.45) is 1.62. The molecule has 2 aromatic rings. The summed E-state index contributed by atoms with van der Waals surface area (Å²) >= 11 is 0. The molecule has 104 valence electrons. The van der Waals surface area contributed by atoms with Crippen LogP contribution in [-0.2, 0) is 4.79 Å². The molecule has 5 heteroatoms. The van der Waals surface area contributed by atoms with E-state index in [1.165, 1.54) is 0 Å². The van der Waals surface area contributed by atoms with E-state index in [1.54, 1.807) is 12.3 Å². The van der Waals surface area contributed by atoms with E-state index >= 15 is 0 Å². The summed E-state index contributed by atoms with van der Waals surface area (Å²) in [5, 5.41) is 12.1. The molecular weight excluding hydrogens is 254 g/mol. The number of hydrogen-bond donors (Lipinski definition) is 2. The third-order valence-electron chi connectivity index (χ3n) is 2.92. The van der Waals surface area contributed by atoms with Gasteiger partial charge in [-0.15, -0.1) is 0 Å². The molecule has 20 heavy (non-hydrogen) atoms. The molecule has 0 saturated heterocycles. The summed E-state index contributed by atoms with van der Waals surface area (Å²) in [5.41, 5.74) is 0.896. The number of benzene rings is 1. The molecule has 1 aromatic heterocycles. The van der Waals surface area contributed by atoms with Crippen molar-refractivity contribution < 1.29 is 9.90 Å². The molecule has 0 aliphatic rings. The van der Waals surface area contributed by atoms with Crippen molar-refractivity contribution in [2.45, 2.75) is 19.9 Å². The van der Waals surface area contributed by atoms with Crippen molar-refractivity contribution in [3.8, 4) is 11.4 Å². The van der Waals surface area contributed by atoms with E-state index in [0.29, 0.717) is 11.6 Å². The molecule has 1 atom stereocenters. The quantitative estimate of drug-likeness (QED) is 0.874. The van der Waals surface area contributed by atoms with Crippen molar-refractivity contribution in [1.82, 2.24) is 9.97 Å². The first-order valence-electron chi connectivity index (χ1n) is 6.45. The zero-order chi connectivity index (χ0) is 14.5. The van der Waals surface area contributed by atoms with Crippen molar-refractivity contribution in [2.24, 2.45) is 5.92 Å². The Morgan fingerprint density at radius 1 is 1.20 bits per heavy atom. The summed E-state index contributed by atoms with van der Waals surface area (Å²) in [7, 11) is 0. The number of anilines is 1. The van der Waals surface area contributed by atoms with Crippen LogP contribution in [-0.4, -0.2) is 27.1 Å². The van der Waals surface area contributed by atoms with Gasteiger partial charge in [-0.25, -0.2) is 14.8 Å². The van der Waals surface area contributed by atoms with Crippen LogP contribution in [0.4, 0.5) is 5.82 Å². The van der Waals surface area contributed by atoms with Gasteiger partial charge in [0.15, 0.2) is 5.82 Å². The smallest absolute Gasteiger partial charge is 0.326 e. The van der Waals surface area contributed by atoms with Gasteiger partial charge in [-0.3, -0.25) is 0 Å². The first kappa shape index (κ1) is 14.0. The third kappa shape index (κ3) is 3.32. The monoisotopic (exact) mass is 271 g/mol. The van der Waals surface area contributed by atoms with E-state index < -0.39 is 12.0 Å². The molecule has 0 radical (unpaired) electrons. The number of aromatic nitrogens is 2. The fourth-order valence-electron chi connectivity index (χ4n) is 1.84. The standard InChI is InChI=1S/C15H17N3O2/c1-10(2)13(15(19)20)17-12-8-9-16-14(18-12)11-6-4-3-5-7-11/h3-10,13H,1-2H3,(H,19,20)(H,16,17,18)/t13-/m1/s1. The minimum absolute atomic E-state index is 0.0392. The predicted octanol–water partition coefficient (Wildman–Crippen LogP) is 2.66. The maximum atomic E-state index is 11.2. The lowest BCUT2D eigenvalue weighted by Crippen LogP contribution is -2.34. The molecule has 0 amide bonds. The summed E-state index contributed by atoms with van der Waals surface area (Å²) in [6, 6.07) is 10.6. The molecule has 2 rings (SSSR count). The van der Waals surface area contributed by atoms with Crippen molar-refractivity contribution in [2.75, 3.05) is 5.32 Å². The maximum Gasteiger partial charge on any atom is 0.326 e. The topological polar surface area (TPSA) is 75.1 Å². The number of carbonyl (C=O) groups is 1. The van der Waals surface area contributed by atoms with Crippen molar-refractivity contribution >= 4 is 11.8 Å². The Hall–Kier alpha value is -2.43. The number of nitrogens with one attached hydrogen (secondary N) is 1. The van der Waals surface area contributed by atoms with Gasteiger partial charge in [0.05, 0.1) is 0 Å². The third-order valence-corrected chi connectivity index (χ3v) is 2.92. The summed E-state index contributed by atoms with van der Waals surface area (Å²) in [5.74, 6) is 0.158. The second-order valence-corrected chi connectivity index (χ2v) is 4.84. The van der Waals surface area contributed by atoms with Crippen LogP contribution < -0.4 is 5.32 Å². The number of carboxylic acids is 1. The van der Waals surface area contributed by atoms with Gasteiger partial charge in [0.25, 0.3) is 0 Å². The maximum absolute atomic E-state index is 11.2. The van der Waals surface area contributed by atoms with E-state index in [4.69, 9.17) is 0 Å². The van der Waals surface area contributed by atoms with Crippen LogP contribution in [0.25, 0.3) is 11.4 Å². The van der Waals surface area contributed by atoms with Crippen LogP contribution in [0, 0.1) is 5.92 Å². The molecule has 0 bridgehead atoms. The lowest BCUT2D eigenvalue weighted by Gasteiger charge is -2.18. The zero-order valence-corrected chi connectivity index (χ0v) is 11.4. The largest absolute Gasteiger partial charge is 0.480 e.